The standard InChI is InChI=1S/C15H17Cl2N3O3S/c1-2-3-9-20-12(15(18)21)7-8-13(20)19-24(22,23)14-10(16)5-4-6-11(14)17/h4-8,19H,2-3,9H2,1H3,(H2,18,21). The summed E-state index contributed by atoms with van der Waals surface area (Å²) in [6, 6.07) is 7.39. The Hall–Kier alpha value is -1.70. The third-order valence-electron chi connectivity index (χ3n) is 3.39. The van der Waals surface area contributed by atoms with E-state index in [1.165, 1.54) is 28.8 Å². The van der Waals surface area contributed by atoms with E-state index < -0.39 is 15.9 Å². The number of hydrogen-bond acceptors (Lipinski definition) is 3. The first-order chi connectivity index (χ1) is 11.3. The van der Waals surface area contributed by atoms with Crippen LogP contribution in [0.25, 0.3) is 0 Å². The second kappa shape index (κ2) is 7.46. The normalized spacial score (nSPS) is 11.5. The summed E-state index contributed by atoms with van der Waals surface area (Å²) < 4.78 is 29.2. The maximum atomic E-state index is 12.6. The Bertz CT molecular complexity index is 843. The molecule has 0 aliphatic rings. The highest BCUT2D eigenvalue weighted by Crippen LogP contribution is 2.31. The molecule has 0 atom stereocenters. The molecule has 0 unspecified atom stereocenters. The number of nitrogens with two attached hydrogens (primary N) is 1. The number of sulfonamides is 1. The zero-order valence-electron chi connectivity index (χ0n) is 12.9. The van der Waals surface area contributed by atoms with Crippen molar-refractivity contribution in [2.75, 3.05) is 4.72 Å². The summed E-state index contributed by atoms with van der Waals surface area (Å²) in [5.74, 6) is -0.402. The average molecular weight is 390 g/mol. The molecule has 1 aromatic carbocycles. The third kappa shape index (κ3) is 3.85. The van der Waals surface area contributed by atoms with Crippen LogP contribution in [-0.2, 0) is 16.6 Å². The number of aromatic nitrogens is 1. The molecule has 24 heavy (non-hydrogen) atoms. The minimum atomic E-state index is -4.02. The molecule has 0 spiro atoms. The summed E-state index contributed by atoms with van der Waals surface area (Å²) in [5, 5.41) is 0.0218. The number of unbranched alkanes of at least 4 members (excludes halogenated alkanes) is 1. The van der Waals surface area contributed by atoms with E-state index in [-0.39, 0.29) is 26.5 Å². The molecule has 0 aliphatic carbocycles. The van der Waals surface area contributed by atoms with E-state index in [1.54, 1.807) is 6.07 Å². The van der Waals surface area contributed by atoms with Gasteiger partial charge in [-0.05, 0) is 30.7 Å². The highest BCUT2D eigenvalue weighted by atomic mass is 35.5. The molecular formula is C15H17Cl2N3O3S. The summed E-state index contributed by atoms with van der Waals surface area (Å²) >= 11 is 11.9. The number of benzene rings is 1. The fourth-order valence-corrected chi connectivity index (χ4v) is 4.47. The van der Waals surface area contributed by atoms with E-state index in [4.69, 9.17) is 28.9 Å². The topological polar surface area (TPSA) is 94.2 Å². The van der Waals surface area contributed by atoms with Gasteiger partial charge in [0.1, 0.15) is 16.4 Å². The molecule has 9 heteroatoms. The Morgan fingerprint density at radius 3 is 2.38 bits per heavy atom. The van der Waals surface area contributed by atoms with Crippen molar-refractivity contribution >= 4 is 45.0 Å². The van der Waals surface area contributed by atoms with Crippen LogP contribution in [0.5, 0.6) is 0 Å². The Morgan fingerprint density at radius 1 is 1.21 bits per heavy atom. The Morgan fingerprint density at radius 2 is 1.83 bits per heavy atom. The number of amides is 1. The molecule has 130 valence electrons. The fraction of sp³-hybridized carbons (Fsp3) is 0.267. The third-order valence-corrected chi connectivity index (χ3v) is 5.70. The highest BCUT2D eigenvalue weighted by molar-refractivity contribution is 7.93. The van der Waals surface area contributed by atoms with Gasteiger partial charge >= 0.3 is 0 Å². The number of nitrogens with one attached hydrogen (secondary N) is 1. The minimum absolute atomic E-state index is 0.0109. The Balaban J connectivity index is 2.45. The van der Waals surface area contributed by atoms with Gasteiger partial charge in [-0.3, -0.25) is 9.52 Å². The van der Waals surface area contributed by atoms with Crippen LogP contribution in [0.3, 0.4) is 0 Å². The number of nitrogens with zero attached hydrogens (tertiary/aromatic N) is 1. The van der Waals surface area contributed by atoms with Gasteiger partial charge in [0.25, 0.3) is 15.9 Å². The van der Waals surface area contributed by atoms with Crippen molar-refractivity contribution in [3.63, 3.8) is 0 Å². The maximum absolute atomic E-state index is 12.6. The number of anilines is 1. The van der Waals surface area contributed by atoms with Crippen LogP contribution in [-0.4, -0.2) is 18.9 Å². The number of rotatable bonds is 7. The van der Waals surface area contributed by atoms with Gasteiger partial charge in [0.05, 0.1) is 10.0 Å². The lowest BCUT2D eigenvalue weighted by Gasteiger charge is -2.15. The SMILES string of the molecule is CCCCn1c(NS(=O)(=O)c2c(Cl)cccc2Cl)ccc1C(N)=O. The van der Waals surface area contributed by atoms with Gasteiger partial charge < -0.3 is 10.3 Å². The molecule has 1 heterocycles. The van der Waals surface area contributed by atoms with Crippen molar-refractivity contribution in [1.82, 2.24) is 4.57 Å². The van der Waals surface area contributed by atoms with Crippen LogP contribution in [0.2, 0.25) is 10.0 Å². The van der Waals surface area contributed by atoms with Crippen molar-refractivity contribution < 1.29 is 13.2 Å². The van der Waals surface area contributed by atoms with Gasteiger partial charge in [0.2, 0.25) is 0 Å². The molecule has 1 aromatic heterocycles. The van der Waals surface area contributed by atoms with Crippen molar-refractivity contribution in [2.45, 2.75) is 31.2 Å². The zero-order chi connectivity index (χ0) is 17.9. The van der Waals surface area contributed by atoms with E-state index >= 15 is 0 Å². The Labute approximate surface area is 150 Å². The first-order valence-electron chi connectivity index (χ1n) is 7.24. The van der Waals surface area contributed by atoms with Gasteiger partial charge in [-0.1, -0.05) is 42.6 Å². The molecule has 0 radical (unpaired) electrons. The molecule has 0 aliphatic heterocycles. The summed E-state index contributed by atoms with van der Waals surface area (Å²) in [6.45, 7) is 2.44. The fourth-order valence-electron chi connectivity index (χ4n) is 2.26. The smallest absolute Gasteiger partial charge is 0.265 e. The van der Waals surface area contributed by atoms with Crippen molar-refractivity contribution in [2.24, 2.45) is 5.73 Å². The number of halogens is 2. The second-order valence-corrected chi connectivity index (χ2v) is 7.56. The van der Waals surface area contributed by atoms with E-state index in [0.29, 0.717) is 6.54 Å². The van der Waals surface area contributed by atoms with Crippen LogP contribution in [0.1, 0.15) is 30.3 Å². The summed E-state index contributed by atoms with van der Waals surface area (Å²) in [5.41, 5.74) is 5.57. The Kier molecular flexibility index (Phi) is 5.79. The molecule has 0 bridgehead atoms. The zero-order valence-corrected chi connectivity index (χ0v) is 15.2. The van der Waals surface area contributed by atoms with E-state index in [0.717, 1.165) is 12.8 Å². The second-order valence-electron chi connectivity index (χ2n) is 5.13. The lowest BCUT2D eigenvalue weighted by Crippen LogP contribution is -2.21. The molecule has 0 saturated heterocycles. The van der Waals surface area contributed by atoms with E-state index in [1.807, 2.05) is 6.92 Å². The molecule has 3 N–H and O–H groups in total. The van der Waals surface area contributed by atoms with Crippen LogP contribution < -0.4 is 10.5 Å². The summed E-state index contributed by atoms with van der Waals surface area (Å²) in [7, 11) is -4.02. The van der Waals surface area contributed by atoms with Crippen LogP contribution in [0, 0.1) is 0 Å². The summed E-state index contributed by atoms with van der Waals surface area (Å²) in [6.07, 6.45) is 1.63. The molecule has 6 nitrogen and oxygen atoms in total. The lowest BCUT2D eigenvalue weighted by molar-refractivity contribution is 0.0991. The molecule has 0 fully saturated rings. The molecule has 2 aromatic rings. The number of carbonyl (C=O) groups is 1. The molecule has 1 amide bonds. The van der Waals surface area contributed by atoms with Crippen molar-refractivity contribution in [3.05, 3.63) is 46.1 Å². The maximum Gasteiger partial charge on any atom is 0.265 e. The minimum Gasteiger partial charge on any atom is -0.364 e. The van der Waals surface area contributed by atoms with Crippen LogP contribution in [0.15, 0.2) is 35.2 Å². The highest BCUT2D eigenvalue weighted by Gasteiger charge is 2.24. The first kappa shape index (κ1) is 18.6. The monoisotopic (exact) mass is 389 g/mol. The number of primary amides is 1. The quantitative estimate of drug-likeness (QED) is 0.758. The summed E-state index contributed by atoms with van der Waals surface area (Å²) in [4.78, 5) is 11.3. The average Bonchev–Trinajstić information content (AvgIpc) is 2.86. The van der Waals surface area contributed by atoms with Gasteiger partial charge in [0.15, 0.2) is 0 Å². The first-order valence-corrected chi connectivity index (χ1v) is 9.48. The molecule has 2 rings (SSSR count). The van der Waals surface area contributed by atoms with Gasteiger partial charge in [0, 0.05) is 6.54 Å². The van der Waals surface area contributed by atoms with Crippen molar-refractivity contribution in [3.8, 4) is 0 Å². The van der Waals surface area contributed by atoms with Gasteiger partial charge in [-0.25, -0.2) is 8.42 Å². The van der Waals surface area contributed by atoms with Gasteiger partial charge in [-0.2, -0.15) is 0 Å². The molecule has 0 saturated carbocycles. The van der Waals surface area contributed by atoms with Crippen molar-refractivity contribution in [1.29, 1.82) is 0 Å². The molecular weight excluding hydrogens is 373 g/mol. The lowest BCUT2D eigenvalue weighted by atomic mass is 10.3. The predicted octanol–water partition coefficient (Wildman–Crippen LogP) is 3.49. The van der Waals surface area contributed by atoms with Gasteiger partial charge in [-0.15, -0.1) is 0 Å². The van der Waals surface area contributed by atoms with E-state index in [9.17, 15) is 13.2 Å². The predicted molar refractivity (Wildman–Crippen MR) is 95.1 cm³/mol. The number of carbonyl (C=O) groups excluding carboxylic acids is 1. The van der Waals surface area contributed by atoms with Crippen LogP contribution >= 0.6 is 23.2 Å². The number of hydrogen-bond donors (Lipinski definition) is 2. The van der Waals surface area contributed by atoms with E-state index in [2.05, 4.69) is 4.72 Å². The largest absolute Gasteiger partial charge is 0.364 e. The van der Waals surface area contributed by atoms with Crippen LogP contribution in [0.4, 0.5) is 5.82 Å².